The van der Waals surface area contributed by atoms with Crippen molar-refractivity contribution in [2.75, 3.05) is 0 Å². The summed E-state index contributed by atoms with van der Waals surface area (Å²) < 4.78 is 0. The van der Waals surface area contributed by atoms with E-state index in [9.17, 15) is 15.3 Å². The van der Waals surface area contributed by atoms with E-state index in [1.54, 1.807) is 36.4 Å². The highest BCUT2D eigenvalue weighted by molar-refractivity contribution is 5.76. The molecule has 1 aliphatic carbocycles. The molecule has 0 aromatic heterocycles. The molecule has 3 nitrogen and oxygen atoms in total. The molecule has 0 aliphatic heterocycles. The van der Waals surface area contributed by atoms with Crippen LogP contribution < -0.4 is 0 Å². The summed E-state index contributed by atoms with van der Waals surface area (Å²) in [5, 5.41) is 29.1. The molecule has 0 bridgehead atoms. The lowest BCUT2D eigenvalue weighted by Crippen LogP contribution is -2.30. The van der Waals surface area contributed by atoms with Gasteiger partial charge in [0.25, 0.3) is 0 Å². The van der Waals surface area contributed by atoms with Crippen LogP contribution >= 0.6 is 0 Å². The Balaban J connectivity index is 2.51. The number of para-hydroxylation sites is 1. The summed E-state index contributed by atoms with van der Waals surface area (Å²) in [6.45, 7) is 0. The molecule has 0 unspecified atom stereocenters. The smallest absolute Gasteiger partial charge is 0.194 e. The van der Waals surface area contributed by atoms with Gasteiger partial charge in [-0.25, -0.2) is 0 Å². The second-order valence-electron chi connectivity index (χ2n) is 3.55. The highest BCUT2D eigenvalue weighted by Gasteiger charge is 2.30. The quantitative estimate of drug-likeness (QED) is 0.606. The molecular weight excluding hydrogens is 192 g/mol. The van der Waals surface area contributed by atoms with Gasteiger partial charge < -0.3 is 15.3 Å². The summed E-state index contributed by atoms with van der Waals surface area (Å²) in [5.74, 6) is -1.85. The zero-order chi connectivity index (χ0) is 10.9. The summed E-state index contributed by atoms with van der Waals surface area (Å²) in [6, 6.07) is 6.60. The molecule has 3 N–H and O–H groups in total. The van der Waals surface area contributed by atoms with Crippen molar-refractivity contribution in [2.24, 2.45) is 0 Å². The van der Waals surface area contributed by atoms with Gasteiger partial charge in [-0.15, -0.1) is 0 Å². The summed E-state index contributed by atoms with van der Waals surface area (Å²) >= 11 is 0. The Hall–Kier alpha value is -1.58. The third kappa shape index (κ3) is 1.79. The number of hydrogen-bond acceptors (Lipinski definition) is 3. The van der Waals surface area contributed by atoms with Crippen molar-refractivity contribution in [3.63, 3.8) is 0 Å². The van der Waals surface area contributed by atoms with Crippen molar-refractivity contribution in [1.29, 1.82) is 0 Å². The van der Waals surface area contributed by atoms with Gasteiger partial charge in [-0.05, 0) is 6.07 Å². The molecule has 0 saturated carbocycles. The normalized spacial score (nSPS) is 18.7. The van der Waals surface area contributed by atoms with Crippen LogP contribution in [0.25, 0.3) is 5.57 Å². The van der Waals surface area contributed by atoms with Crippen LogP contribution in [0, 0.1) is 0 Å². The van der Waals surface area contributed by atoms with Crippen LogP contribution in [0.4, 0.5) is 0 Å². The van der Waals surface area contributed by atoms with Crippen LogP contribution in [0.1, 0.15) is 12.0 Å². The van der Waals surface area contributed by atoms with E-state index in [0.717, 1.165) is 0 Å². The Morgan fingerprint density at radius 2 is 1.87 bits per heavy atom. The lowest BCUT2D eigenvalue weighted by atomic mass is 9.91. The minimum absolute atomic E-state index is 0.0477. The van der Waals surface area contributed by atoms with Crippen molar-refractivity contribution in [3.8, 4) is 5.75 Å². The van der Waals surface area contributed by atoms with Gasteiger partial charge in [0.1, 0.15) is 5.75 Å². The highest BCUT2D eigenvalue weighted by Crippen LogP contribution is 2.35. The minimum atomic E-state index is -1.90. The number of benzene rings is 1. The molecule has 15 heavy (non-hydrogen) atoms. The topological polar surface area (TPSA) is 60.7 Å². The van der Waals surface area contributed by atoms with Gasteiger partial charge in [0.05, 0.1) is 0 Å². The number of phenolic OH excluding ortho intramolecular Hbond substituents is 1. The van der Waals surface area contributed by atoms with E-state index in [2.05, 4.69) is 0 Å². The van der Waals surface area contributed by atoms with Gasteiger partial charge in [0, 0.05) is 17.6 Å². The lowest BCUT2D eigenvalue weighted by molar-refractivity contribution is -0.105. The Morgan fingerprint density at radius 1 is 1.13 bits per heavy atom. The monoisotopic (exact) mass is 204 g/mol. The van der Waals surface area contributed by atoms with Crippen LogP contribution in [0.2, 0.25) is 0 Å². The fourth-order valence-corrected chi connectivity index (χ4v) is 1.65. The summed E-state index contributed by atoms with van der Waals surface area (Å²) in [6.07, 6.45) is 5.14. The Kier molecular flexibility index (Phi) is 2.34. The zero-order valence-corrected chi connectivity index (χ0v) is 8.09. The van der Waals surface area contributed by atoms with Crippen LogP contribution in [0.15, 0.2) is 42.5 Å². The number of aromatic hydroxyl groups is 1. The van der Waals surface area contributed by atoms with E-state index in [1.807, 2.05) is 0 Å². The molecule has 0 heterocycles. The van der Waals surface area contributed by atoms with Gasteiger partial charge in [0.2, 0.25) is 0 Å². The average molecular weight is 204 g/mol. The van der Waals surface area contributed by atoms with Gasteiger partial charge in [-0.2, -0.15) is 0 Å². The third-order valence-electron chi connectivity index (χ3n) is 2.43. The third-order valence-corrected chi connectivity index (χ3v) is 2.43. The van der Waals surface area contributed by atoms with E-state index in [0.29, 0.717) is 11.1 Å². The van der Waals surface area contributed by atoms with E-state index in [4.69, 9.17) is 0 Å². The maximum Gasteiger partial charge on any atom is 0.194 e. The Labute approximate surface area is 87.6 Å². The lowest BCUT2D eigenvalue weighted by Gasteiger charge is -2.26. The molecular formula is C12H12O3. The fraction of sp³-hybridized carbons (Fsp3) is 0.167. The minimum Gasteiger partial charge on any atom is -0.507 e. The number of aliphatic hydroxyl groups is 2. The van der Waals surface area contributed by atoms with Crippen molar-refractivity contribution in [1.82, 2.24) is 0 Å². The summed E-state index contributed by atoms with van der Waals surface area (Å²) in [5.41, 5.74) is 0.773. The maximum atomic E-state index is 9.74. The molecule has 1 aliphatic rings. The van der Waals surface area contributed by atoms with Gasteiger partial charge in [-0.3, -0.25) is 0 Å². The number of phenols is 1. The molecule has 0 radical (unpaired) electrons. The predicted molar refractivity (Wildman–Crippen MR) is 57.0 cm³/mol. The first-order valence-electron chi connectivity index (χ1n) is 4.72. The molecule has 0 spiro atoms. The van der Waals surface area contributed by atoms with E-state index in [-0.39, 0.29) is 12.2 Å². The Morgan fingerprint density at radius 3 is 2.53 bits per heavy atom. The van der Waals surface area contributed by atoms with Crippen molar-refractivity contribution in [3.05, 3.63) is 48.1 Å². The fourth-order valence-electron chi connectivity index (χ4n) is 1.65. The second kappa shape index (κ2) is 3.53. The number of allylic oxidation sites excluding steroid dienone is 2. The summed E-state index contributed by atoms with van der Waals surface area (Å²) in [4.78, 5) is 0. The SMILES string of the molecule is Oc1ccccc1C1=CC=CCC1(O)O. The van der Waals surface area contributed by atoms with E-state index in [1.165, 1.54) is 6.07 Å². The first-order valence-corrected chi connectivity index (χ1v) is 4.72. The average Bonchev–Trinajstić information content (AvgIpc) is 2.19. The van der Waals surface area contributed by atoms with Gasteiger partial charge in [0.15, 0.2) is 5.79 Å². The zero-order valence-electron chi connectivity index (χ0n) is 8.09. The van der Waals surface area contributed by atoms with Gasteiger partial charge >= 0.3 is 0 Å². The first-order chi connectivity index (χ1) is 7.11. The van der Waals surface area contributed by atoms with Crippen molar-refractivity contribution in [2.45, 2.75) is 12.2 Å². The molecule has 3 heteroatoms. The van der Waals surface area contributed by atoms with Crippen LogP contribution in [0.3, 0.4) is 0 Å². The molecule has 0 amide bonds. The van der Waals surface area contributed by atoms with E-state index < -0.39 is 5.79 Å². The molecule has 0 atom stereocenters. The molecule has 0 fully saturated rings. The Bertz CT molecular complexity index is 430. The van der Waals surface area contributed by atoms with Crippen LogP contribution in [-0.2, 0) is 0 Å². The van der Waals surface area contributed by atoms with Crippen LogP contribution in [0.5, 0.6) is 5.75 Å². The van der Waals surface area contributed by atoms with E-state index >= 15 is 0 Å². The standard InChI is InChI=1S/C12H12O3/c13-11-7-2-1-5-9(11)10-6-3-4-8-12(10,14)15/h1-7,13-15H,8H2. The molecule has 0 saturated heterocycles. The molecule has 78 valence electrons. The highest BCUT2D eigenvalue weighted by atomic mass is 16.5. The number of hydrogen-bond donors (Lipinski definition) is 3. The van der Waals surface area contributed by atoms with Crippen LogP contribution in [-0.4, -0.2) is 21.1 Å². The molecule has 2 rings (SSSR count). The predicted octanol–water partition coefficient (Wildman–Crippen LogP) is 1.42. The summed E-state index contributed by atoms with van der Waals surface area (Å²) in [7, 11) is 0. The largest absolute Gasteiger partial charge is 0.507 e. The van der Waals surface area contributed by atoms with Crippen molar-refractivity contribution >= 4 is 5.57 Å². The van der Waals surface area contributed by atoms with Crippen molar-refractivity contribution < 1.29 is 15.3 Å². The maximum absolute atomic E-state index is 9.74. The molecule has 1 aromatic carbocycles. The second-order valence-corrected chi connectivity index (χ2v) is 3.55. The first kappa shape index (κ1) is 9.96. The van der Waals surface area contributed by atoms with Gasteiger partial charge in [-0.1, -0.05) is 36.4 Å². The molecule has 1 aromatic rings. The number of rotatable bonds is 1.